The van der Waals surface area contributed by atoms with Crippen LogP contribution < -0.4 is 5.73 Å². The molecule has 1 heterocycles. The molecule has 0 amide bonds. The molecule has 1 atom stereocenters. The minimum Gasteiger partial charge on any atom is -0.393 e. The topological polar surface area (TPSA) is 38.5 Å². The highest BCUT2D eigenvalue weighted by Gasteiger charge is 2.21. The van der Waals surface area contributed by atoms with E-state index >= 15 is 0 Å². The highest BCUT2D eigenvalue weighted by Crippen LogP contribution is 2.22. The van der Waals surface area contributed by atoms with Crippen LogP contribution in [-0.2, 0) is 4.74 Å². The van der Waals surface area contributed by atoms with Gasteiger partial charge in [-0.1, -0.05) is 26.1 Å². The van der Waals surface area contributed by atoms with Crippen molar-refractivity contribution in [3.05, 3.63) is 0 Å². The van der Waals surface area contributed by atoms with Gasteiger partial charge >= 0.3 is 0 Å². The van der Waals surface area contributed by atoms with Gasteiger partial charge in [-0.25, -0.2) is 0 Å². The lowest BCUT2D eigenvalue weighted by molar-refractivity contribution is 0.0673. The predicted molar refractivity (Wildman–Crippen MR) is 76.3 cm³/mol. The maximum absolute atomic E-state index is 5.73. The van der Waals surface area contributed by atoms with Crippen molar-refractivity contribution in [2.45, 2.75) is 46.1 Å². The Balaban J connectivity index is 2.28. The average molecular weight is 258 g/mol. The van der Waals surface area contributed by atoms with Crippen LogP contribution in [0.5, 0.6) is 0 Å². The molecule has 1 aliphatic heterocycles. The monoisotopic (exact) mass is 258 g/mol. The van der Waals surface area contributed by atoms with Gasteiger partial charge in [-0.3, -0.25) is 0 Å². The lowest BCUT2D eigenvalue weighted by Gasteiger charge is -2.26. The van der Waals surface area contributed by atoms with E-state index in [2.05, 4.69) is 25.7 Å². The average Bonchev–Trinajstić information content (AvgIpc) is 2.42. The van der Waals surface area contributed by atoms with Crippen LogP contribution in [0.1, 0.15) is 40.0 Å². The van der Waals surface area contributed by atoms with Crippen LogP contribution in [0.15, 0.2) is 0 Å². The number of thiocarbonyl (C=S) groups is 1. The van der Waals surface area contributed by atoms with Crippen molar-refractivity contribution in [3.8, 4) is 0 Å². The summed E-state index contributed by atoms with van der Waals surface area (Å²) in [5, 5.41) is 0. The van der Waals surface area contributed by atoms with Gasteiger partial charge in [-0.05, 0) is 32.7 Å². The summed E-state index contributed by atoms with van der Waals surface area (Å²) in [6.07, 6.45) is 3.72. The summed E-state index contributed by atoms with van der Waals surface area (Å²) in [7, 11) is 0. The molecule has 0 saturated carbocycles. The molecule has 0 radical (unpaired) electrons. The highest BCUT2D eigenvalue weighted by atomic mass is 32.1. The lowest BCUT2D eigenvalue weighted by atomic mass is 9.88. The molecule has 1 saturated heterocycles. The first-order valence-corrected chi connectivity index (χ1v) is 6.96. The third-order valence-electron chi connectivity index (χ3n) is 3.48. The standard InChI is InChI=1S/C13H26N2OS/c1-11-10-15(8-5-9-16-11)7-4-6-13(2,3)12(14)17/h11H,4-10H2,1-3H3,(H2,14,17). The molecule has 1 aliphatic rings. The summed E-state index contributed by atoms with van der Waals surface area (Å²) in [6, 6.07) is 0. The van der Waals surface area contributed by atoms with Gasteiger partial charge in [0.2, 0.25) is 0 Å². The molecule has 0 aromatic heterocycles. The van der Waals surface area contributed by atoms with E-state index in [1.54, 1.807) is 0 Å². The molecular formula is C13H26N2OS. The van der Waals surface area contributed by atoms with Crippen LogP contribution in [0.3, 0.4) is 0 Å². The van der Waals surface area contributed by atoms with Crippen LogP contribution in [0.25, 0.3) is 0 Å². The zero-order valence-electron chi connectivity index (χ0n) is 11.4. The minimum atomic E-state index is -0.0106. The van der Waals surface area contributed by atoms with Gasteiger partial charge < -0.3 is 15.4 Å². The van der Waals surface area contributed by atoms with Crippen LogP contribution in [0.4, 0.5) is 0 Å². The first-order valence-electron chi connectivity index (χ1n) is 6.56. The summed E-state index contributed by atoms with van der Waals surface area (Å²) < 4.78 is 5.64. The summed E-state index contributed by atoms with van der Waals surface area (Å²) >= 11 is 5.09. The molecule has 0 bridgehead atoms. The maximum atomic E-state index is 5.73. The van der Waals surface area contributed by atoms with Gasteiger partial charge in [0, 0.05) is 25.1 Å². The third kappa shape index (κ3) is 5.32. The number of ether oxygens (including phenoxy) is 1. The second kappa shape index (κ2) is 6.66. The Kier molecular flexibility index (Phi) is 5.83. The second-order valence-electron chi connectivity index (χ2n) is 5.69. The number of rotatable bonds is 5. The largest absolute Gasteiger partial charge is 0.393 e. The maximum Gasteiger partial charge on any atom is 0.0784 e. The Hall–Kier alpha value is -0.190. The molecule has 100 valence electrons. The molecule has 1 rings (SSSR count). The van der Waals surface area contributed by atoms with E-state index in [0.29, 0.717) is 11.1 Å². The molecule has 0 aromatic carbocycles. The van der Waals surface area contributed by atoms with Crippen LogP contribution in [0.2, 0.25) is 0 Å². The van der Waals surface area contributed by atoms with Crippen molar-refractivity contribution in [2.24, 2.45) is 11.1 Å². The first kappa shape index (κ1) is 14.9. The molecule has 3 nitrogen and oxygen atoms in total. The number of hydrogen-bond acceptors (Lipinski definition) is 3. The van der Waals surface area contributed by atoms with Gasteiger partial charge in [0.05, 0.1) is 11.1 Å². The first-order chi connectivity index (χ1) is 7.92. The van der Waals surface area contributed by atoms with Gasteiger partial charge in [-0.15, -0.1) is 0 Å². The molecule has 0 aliphatic carbocycles. The van der Waals surface area contributed by atoms with E-state index in [1.165, 1.54) is 0 Å². The Morgan fingerprint density at radius 3 is 2.88 bits per heavy atom. The molecule has 4 heteroatoms. The summed E-state index contributed by atoms with van der Waals surface area (Å²) in [6.45, 7) is 10.6. The van der Waals surface area contributed by atoms with Gasteiger partial charge in [0.1, 0.15) is 0 Å². The van der Waals surface area contributed by atoms with E-state index < -0.39 is 0 Å². The molecule has 0 spiro atoms. The summed E-state index contributed by atoms with van der Waals surface area (Å²) in [5.41, 5.74) is 5.72. The van der Waals surface area contributed by atoms with Crippen LogP contribution in [-0.4, -0.2) is 42.2 Å². The van der Waals surface area contributed by atoms with Crippen molar-refractivity contribution < 1.29 is 4.74 Å². The second-order valence-corrected chi connectivity index (χ2v) is 6.13. The van der Waals surface area contributed by atoms with E-state index in [-0.39, 0.29) is 5.41 Å². The Labute approximate surface area is 111 Å². The van der Waals surface area contributed by atoms with Crippen LogP contribution in [0, 0.1) is 5.41 Å². The smallest absolute Gasteiger partial charge is 0.0784 e. The molecule has 1 fully saturated rings. The number of nitrogens with two attached hydrogens (primary N) is 1. The zero-order chi connectivity index (χ0) is 12.9. The third-order valence-corrected chi connectivity index (χ3v) is 4.03. The van der Waals surface area contributed by atoms with Crippen molar-refractivity contribution in [3.63, 3.8) is 0 Å². The summed E-state index contributed by atoms with van der Waals surface area (Å²) in [4.78, 5) is 3.12. The van der Waals surface area contributed by atoms with E-state index in [4.69, 9.17) is 22.7 Å². The van der Waals surface area contributed by atoms with E-state index in [1.807, 2.05) is 0 Å². The predicted octanol–water partition coefficient (Wildman–Crippen LogP) is 2.19. The van der Waals surface area contributed by atoms with E-state index in [9.17, 15) is 0 Å². The normalized spacial score (nSPS) is 23.4. The number of hydrogen-bond donors (Lipinski definition) is 1. The van der Waals surface area contributed by atoms with Crippen LogP contribution >= 0.6 is 12.2 Å². The SMILES string of the molecule is CC1CN(CCCC(C)(C)C(N)=S)CCCO1. The lowest BCUT2D eigenvalue weighted by Crippen LogP contribution is -2.34. The van der Waals surface area contributed by atoms with Crippen molar-refractivity contribution in [2.75, 3.05) is 26.2 Å². The Bertz CT molecular complexity index is 256. The molecular weight excluding hydrogens is 232 g/mol. The Morgan fingerprint density at radius 2 is 2.24 bits per heavy atom. The number of nitrogens with zero attached hydrogens (tertiary/aromatic N) is 1. The fourth-order valence-corrected chi connectivity index (χ4v) is 2.25. The zero-order valence-corrected chi connectivity index (χ0v) is 12.2. The van der Waals surface area contributed by atoms with Crippen molar-refractivity contribution >= 4 is 17.2 Å². The molecule has 0 aromatic rings. The Morgan fingerprint density at radius 1 is 1.53 bits per heavy atom. The fraction of sp³-hybridized carbons (Fsp3) is 0.923. The fourth-order valence-electron chi connectivity index (χ4n) is 2.15. The minimum absolute atomic E-state index is 0.0106. The van der Waals surface area contributed by atoms with Gasteiger partial charge in [-0.2, -0.15) is 0 Å². The van der Waals surface area contributed by atoms with E-state index in [0.717, 1.165) is 45.5 Å². The van der Waals surface area contributed by atoms with Gasteiger partial charge in [0.15, 0.2) is 0 Å². The highest BCUT2D eigenvalue weighted by molar-refractivity contribution is 7.80. The molecule has 1 unspecified atom stereocenters. The summed E-state index contributed by atoms with van der Waals surface area (Å²) in [5.74, 6) is 0. The molecule has 2 N–H and O–H groups in total. The van der Waals surface area contributed by atoms with Crippen molar-refractivity contribution in [1.29, 1.82) is 0 Å². The van der Waals surface area contributed by atoms with Gasteiger partial charge in [0.25, 0.3) is 0 Å². The van der Waals surface area contributed by atoms with Crippen molar-refractivity contribution in [1.82, 2.24) is 4.90 Å². The quantitative estimate of drug-likeness (QED) is 0.767. The molecule has 17 heavy (non-hydrogen) atoms.